The van der Waals surface area contributed by atoms with Crippen LogP contribution >= 0.6 is 0 Å². The molecule has 1 aliphatic heterocycles. The molecule has 0 atom stereocenters. The first-order valence-corrected chi connectivity index (χ1v) is 22.8. The van der Waals surface area contributed by atoms with Gasteiger partial charge in [0.05, 0.1) is 5.69 Å². The largest absolute Gasteiger partial charge is 0.457 e. The zero-order valence-corrected chi connectivity index (χ0v) is 36.3. The summed E-state index contributed by atoms with van der Waals surface area (Å²) in [6.45, 7) is 19.7. The Bertz CT molecular complexity index is 2350. The van der Waals surface area contributed by atoms with Crippen molar-refractivity contribution >= 4 is 17.1 Å². The smallest absolute Gasteiger partial charge is 0.132 e. The minimum atomic E-state index is -0.0447. The Kier molecular flexibility index (Phi) is 7.84. The average molecular weight is 766 g/mol. The van der Waals surface area contributed by atoms with Gasteiger partial charge in [-0.1, -0.05) is 116 Å². The van der Waals surface area contributed by atoms with E-state index in [2.05, 4.69) is 163 Å². The molecule has 1 heterocycles. The lowest BCUT2D eigenvalue weighted by molar-refractivity contribution is -0.0452. The zero-order valence-electron chi connectivity index (χ0n) is 36.3. The first kappa shape index (κ1) is 36.8. The minimum absolute atomic E-state index is 0.0447. The molecule has 7 aliphatic rings. The van der Waals surface area contributed by atoms with Crippen LogP contribution in [0.15, 0.2) is 103 Å². The first-order valence-electron chi connectivity index (χ1n) is 22.8. The van der Waals surface area contributed by atoms with Gasteiger partial charge < -0.3 is 9.64 Å². The van der Waals surface area contributed by atoms with E-state index in [9.17, 15) is 0 Å². The third-order valence-corrected chi connectivity index (χ3v) is 17.0. The number of benzene rings is 5. The second-order valence-corrected chi connectivity index (χ2v) is 22.3. The van der Waals surface area contributed by atoms with E-state index in [4.69, 9.17) is 4.74 Å². The minimum Gasteiger partial charge on any atom is -0.457 e. The lowest BCUT2D eigenvalue weighted by Crippen LogP contribution is -2.57. The van der Waals surface area contributed by atoms with Crippen molar-refractivity contribution in [3.63, 3.8) is 0 Å². The highest BCUT2D eigenvalue weighted by Gasteiger charge is 2.61. The van der Waals surface area contributed by atoms with E-state index < -0.39 is 0 Å². The monoisotopic (exact) mass is 765 g/mol. The summed E-state index contributed by atoms with van der Waals surface area (Å²) in [4.78, 5) is 2.67. The number of anilines is 3. The number of para-hydroxylation sites is 1. The molecular weight excluding hydrogens is 703 g/mol. The normalized spacial score (nSPS) is 28.5. The molecule has 4 bridgehead atoms. The molecule has 2 nitrogen and oxygen atoms in total. The predicted octanol–water partition coefficient (Wildman–Crippen LogP) is 15.4. The Morgan fingerprint density at radius 2 is 0.948 bits per heavy atom. The third kappa shape index (κ3) is 5.28. The Morgan fingerprint density at radius 1 is 0.448 bits per heavy atom. The molecule has 4 saturated carbocycles. The summed E-state index contributed by atoms with van der Waals surface area (Å²) < 4.78 is 7.15. The van der Waals surface area contributed by atoms with Crippen LogP contribution in [0.5, 0.6) is 11.5 Å². The summed E-state index contributed by atoms with van der Waals surface area (Å²) in [5, 5.41) is 0. The molecule has 0 unspecified atom stereocenters. The van der Waals surface area contributed by atoms with E-state index >= 15 is 0 Å². The highest BCUT2D eigenvalue weighted by Crippen LogP contribution is 2.69. The van der Waals surface area contributed by atoms with Crippen molar-refractivity contribution in [3.05, 3.63) is 137 Å². The van der Waals surface area contributed by atoms with Gasteiger partial charge in [-0.25, -0.2) is 0 Å². The molecule has 0 aromatic heterocycles. The molecule has 0 saturated heterocycles. The van der Waals surface area contributed by atoms with Crippen LogP contribution in [0.25, 0.3) is 11.1 Å². The Labute approximate surface area is 348 Å². The van der Waals surface area contributed by atoms with Crippen LogP contribution in [0, 0.1) is 23.7 Å². The summed E-state index contributed by atoms with van der Waals surface area (Å²) in [5.41, 5.74) is 15.5. The van der Waals surface area contributed by atoms with Crippen LogP contribution in [0.1, 0.15) is 147 Å². The summed E-state index contributed by atoms with van der Waals surface area (Å²) in [6, 6.07) is 40.5. The van der Waals surface area contributed by atoms with Crippen LogP contribution < -0.4 is 9.64 Å². The van der Waals surface area contributed by atoms with Gasteiger partial charge in [0.25, 0.3) is 0 Å². The van der Waals surface area contributed by atoms with Crippen molar-refractivity contribution < 1.29 is 4.74 Å². The zero-order chi connectivity index (χ0) is 40.0. The van der Waals surface area contributed by atoms with E-state index in [-0.39, 0.29) is 27.1 Å². The SMILES string of the molecule is CC1(C)CCC(C)(C)c2cc(N(c3ccc4c(c3)C(C)(C)CCC4(C)C)c3cc4c(cc3-c3ccccc3)Oc3ccccc3C43C4CC5CC(C4)CC3C5)ccc21. The van der Waals surface area contributed by atoms with E-state index in [1.807, 2.05) is 0 Å². The number of fused-ring (bicyclic) bond motifs is 4. The number of rotatable bonds is 4. The first-order chi connectivity index (χ1) is 27.7. The van der Waals surface area contributed by atoms with Crippen LogP contribution in [0.3, 0.4) is 0 Å². The molecular formula is C56H63NO. The van der Waals surface area contributed by atoms with Gasteiger partial charge in [0.1, 0.15) is 11.5 Å². The maximum Gasteiger partial charge on any atom is 0.132 e. The highest BCUT2D eigenvalue weighted by atomic mass is 16.5. The van der Waals surface area contributed by atoms with Crippen molar-refractivity contribution in [3.8, 4) is 22.6 Å². The number of hydrogen-bond acceptors (Lipinski definition) is 2. The van der Waals surface area contributed by atoms with Gasteiger partial charge in [0.2, 0.25) is 0 Å². The van der Waals surface area contributed by atoms with E-state index in [0.29, 0.717) is 11.8 Å². The molecule has 58 heavy (non-hydrogen) atoms. The predicted molar refractivity (Wildman–Crippen MR) is 241 cm³/mol. The Balaban J connectivity index is 1.22. The van der Waals surface area contributed by atoms with Crippen molar-refractivity contribution in [2.75, 3.05) is 4.90 Å². The number of nitrogens with zero attached hydrogens (tertiary/aromatic N) is 1. The molecule has 0 radical (unpaired) electrons. The topological polar surface area (TPSA) is 12.5 Å². The fraction of sp³-hybridized carbons (Fsp3) is 0.464. The summed E-state index contributed by atoms with van der Waals surface area (Å²) in [5.74, 6) is 5.15. The molecule has 5 aromatic rings. The van der Waals surface area contributed by atoms with Crippen molar-refractivity contribution in [1.29, 1.82) is 0 Å². The number of hydrogen-bond donors (Lipinski definition) is 0. The van der Waals surface area contributed by atoms with Crippen molar-refractivity contribution in [2.45, 2.75) is 140 Å². The van der Waals surface area contributed by atoms with Gasteiger partial charge in [-0.2, -0.15) is 0 Å². The average Bonchev–Trinajstić information content (AvgIpc) is 3.20. The van der Waals surface area contributed by atoms with Gasteiger partial charge in [0.15, 0.2) is 0 Å². The van der Waals surface area contributed by atoms with Gasteiger partial charge in [-0.3, -0.25) is 0 Å². The second-order valence-electron chi connectivity index (χ2n) is 22.3. The molecule has 0 N–H and O–H groups in total. The highest BCUT2D eigenvalue weighted by molar-refractivity contribution is 5.91. The molecule has 5 aromatic carbocycles. The van der Waals surface area contributed by atoms with Crippen LogP contribution in [0.2, 0.25) is 0 Å². The molecule has 1 spiro atoms. The van der Waals surface area contributed by atoms with Gasteiger partial charge >= 0.3 is 0 Å². The van der Waals surface area contributed by atoms with Gasteiger partial charge in [-0.05, 0) is 173 Å². The fourth-order valence-electron chi connectivity index (χ4n) is 13.8. The van der Waals surface area contributed by atoms with Crippen molar-refractivity contribution in [2.24, 2.45) is 23.7 Å². The maximum atomic E-state index is 7.15. The standard InChI is InChI=1S/C56H63NO/c1-52(2)22-24-54(5,6)46-31-40(18-20-43(46)52)57(41-19-21-44-47(32-41)55(7,8)25-23-53(44,3)4)49-34-48-51(33-42(49)37-14-10-9-11-15-37)58-50-17-13-12-16-45(50)56(48)38-27-35-26-36(29-38)30-39(56)28-35/h9-21,31-36,38-39H,22-30H2,1-8H3. The molecule has 12 rings (SSSR count). The van der Waals surface area contributed by atoms with Crippen molar-refractivity contribution in [1.82, 2.24) is 0 Å². The fourth-order valence-corrected chi connectivity index (χ4v) is 13.8. The van der Waals surface area contributed by atoms with E-state index in [1.165, 1.54) is 119 Å². The maximum absolute atomic E-state index is 7.15. The van der Waals surface area contributed by atoms with Crippen LogP contribution in [0.4, 0.5) is 17.1 Å². The second kappa shape index (κ2) is 12.4. The van der Waals surface area contributed by atoms with Gasteiger partial charge in [-0.15, -0.1) is 0 Å². The van der Waals surface area contributed by atoms with Crippen LogP contribution in [-0.4, -0.2) is 0 Å². The van der Waals surface area contributed by atoms with Crippen LogP contribution in [-0.2, 0) is 27.1 Å². The summed E-state index contributed by atoms with van der Waals surface area (Å²) in [7, 11) is 0. The van der Waals surface area contributed by atoms with Gasteiger partial charge in [0, 0.05) is 33.5 Å². The molecule has 2 heteroatoms. The Morgan fingerprint density at radius 3 is 1.50 bits per heavy atom. The molecule has 4 fully saturated rings. The Hall–Kier alpha value is -4.30. The third-order valence-electron chi connectivity index (χ3n) is 17.0. The molecule has 6 aliphatic carbocycles. The quantitative estimate of drug-likeness (QED) is 0.181. The number of ether oxygens (including phenoxy) is 1. The molecule has 0 amide bonds. The van der Waals surface area contributed by atoms with E-state index in [0.717, 1.165) is 23.3 Å². The lowest BCUT2D eigenvalue weighted by atomic mass is 9.41. The molecule has 298 valence electrons. The van der Waals surface area contributed by atoms with E-state index in [1.54, 1.807) is 0 Å². The lowest BCUT2D eigenvalue weighted by Gasteiger charge is -2.63. The summed E-state index contributed by atoms with van der Waals surface area (Å²) in [6.07, 6.45) is 11.6. The summed E-state index contributed by atoms with van der Waals surface area (Å²) >= 11 is 0.